The monoisotopic (exact) mass is 225 g/mol. The second kappa shape index (κ2) is 5.34. The number of aliphatic carboxylic acids is 1. The fraction of sp³-hybridized carbons (Fsp3) is 0.455. The highest BCUT2D eigenvalue weighted by molar-refractivity contribution is 5.93. The van der Waals surface area contributed by atoms with Crippen LogP contribution in [0.4, 0.5) is 0 Å². The first kappa shape index (κ1) is 12.3. The molecule has 1 aromatic heterocycles. The summed E-state index contributed by atoms with van der Waals surface area (Å²) in [6, 6.07) is 1.64. The molecule has 1 unspecified atom stereocenters. The van der Waals surface area contributed by atoms with Crippen molar-refractivity contribution in [3.05, 3.63) is 23.7 Å². The highest BCUT2D eigenvalue weighted by Crippen LogP contribution is 2.06. The van der Waals surface area contributed by atoms with Crippen LogP contribution in [-0.4, -0.2) is 23.5 Å². The predicted molar refractivity (Wildman–Crippen MR) is 57.2 cm³/mol. The third-order valence-electron chi connectivity index (χ3n) is 2.13. The first-order valence-corrected chi connectivity index (χ1v) is 5.04. The Morgan fingerprint density at radius 1 is 1.56 bits per heavy atom. The maximum atomic E-state index is 11.5. The molecule has 1 aromatic rings. The molecule has 0 fully saturated rings. The van der Waals surface area contributed by atoms with Gasteiger partial charge >= 0.3 is 5.97 Å². The van der Waals surface area contributed by atoms with E-state index in [1.165, 1.54) is 6.26 Å². The van der Waals surface area contributed by atoms with Crippen molar-refractivity contribution in [3.63, 3.8) is 0 Å². The number of carboxylic acids is 1. The van der Waals surface area contributed by atoms with Gasteiger partial charge in [-0.2, -0.15) is 0 Å². The largest absolute Gasteiger partial charge is 0.481 e. The van der Waals surface area contributed by atoms with Crippen molar-refractivity contribution >= 4 is 11.9 Å². The van der Waals surface area contributed by atoms with Crippen LogP contribution >= 0.6 is 0 Å². The van der Waals surface area contributed by atoms with Crippen molar-refractivity contribution in [3.8, 4) is 0 Å². The summed E-state index contributed by atoms with van der Waals surface area (Å²) < 4.78 is 5.00. The number of aryl methyl sites for hydroxylation is 1. The van der Waals surface area contributed by atoms with E-state index in [0.717, 1.165) is 0 Å². The summed E-state index contributed by atoms with van der Waals surface area (Å²) in [5.74, 6) is -0.520. The van der Waals surface area contributed by atoms with E-state index in [-0.39, 0.29) is 18.2 Å². The van der Waals surface area contributed by atoms with E-state index in [1.807, 2.05) is 0 Å². The Labute approximate surface area is 93.4 Å². The van der Waals surface area contributed by atoms with E-state index in [0.29, 0.717) is 17.9 Å². The highest BCUT2D eigenvalue weighted by Gasteiger charge is 2.11. The van der Waals surface area contributed by atoms with Crippen LogP contribution in [0, 0.1) is 12.8 Å². The molecule has 16 heavy (non-hydrogen) atoms. The van der Waals surface area contributed by atoms with Gasteiger partial charge in [0.05, 0.1) is 5.56 Å². The second-order valence-corrected chi connectivity index (χ2v) is 3.86. The molecule has 5 nitrogen and oxygen atoms in total. The van der Waals surface area contributed by atoms with E-state index >= 15 is 0 Å². The first-order chi connectivity index (χ1) is 7.49. The average Bonchev–Trinajstić information content (AvgIpc) is 2.60. The summed E-state index contributed by atoms with van der Waals surface area (Å²) >= 11 is 0. The molecule has 0 aromatic carbocycles. The maximum absolute atomic E-state index is 11.5. The van der Waals surface area contributed by atoms with Gasteiger partial charge in [0.1, 0.15) is 12.0 Å². The van der Waals surface area contributed by atoms with Crippen molar-refractivity contribution in [2.75, 3.05) is 6.54 Å². The molecule has 1 heterocycles. The number of nitrogens with one attached hydrogen (secondary N) is 1. The van der Waals surface area contributed by atoms with Crippen LogP contribution < -0.4 is 5.32 Å². The SMILES string of the molecule is Cc1cc(C(=O)NCC(C)CC(=O)O)co1. The zero-order chi connectivity index (χ0) is 12.1. The molecule has 5 heteroatoms. The predicted octanol–water partition coefficient (Wildman–Crippen LogP) is 1.43. The molecule has 2 N–H and O–H groups in total. The van der Waals surface area contributed by atoms with Gasteiger partial charge in [-0.05, 0) is 18.9 Å². The average molecular weight is 225 g/mol. The lowest BCUT2D eigenvalue weighted by Crippen LogP contribution is -2.28. The second-order valence-electron chi connectivity index (χ2n) is 3.86. The van der Waals surface area contributed by atoms with Crippen molar-refractivity contribution in [1.29, 1.82) is 0 Å². The highest BCUT2D eigenvalue weighted by atomic mass is 16.4. The quantitative estimate of drug-likeness (QED) is 0.794. The molecular weight excluding hydrogens is 210 g/mol. The van der Waals surface area contributed by atoms with Crippen molar-refractivity contribution in [2.45, 2.75) is 20.3 Å². The van der Waals surface area contributed by atoms with Crippen LogP contribution in [0.5, 0.6) is 0 Å². The van der Waals surface area contributed by atoms with Crippen LogP contribution in [0.15, 0.2) is 16.7 Å². The number of hydrogen-bond acceptors (Lipinski definition) is 3. The molecule has 0 radical (unpaired) electrons. The molecule has 0 saturated heterocycles. The van der Waals surface area contributed by atoms with E-state index < -0.39 is 5.97 Å². The lowest BCUT2D eigenvalue weighted by atomic mass is 10.1. The number of carboxylic acid groups (broad SMARTS) is 1. The van der Waals surface area contributed by atoms with E-state index in [4.69, 9.17) is 9.52 Å². The molecule has 0 spiro atoms. The van der Waals surface area contributed by atoms with E-state index in [1.54, 1.807) is 19.9 Å². The Morgan fingerprint density at radius 2 is 2.25 bits per heavy atom. The summed E-state index contributed by atoms with van der Waals surface area (Å²) in [6.45, 7) is 3.87. The molecule has 0 bridgehead atoms. The van der Waals surface area contributed by atoms with Gasteiger partial charge in [0.15, 0.2) is 0 Å². The Kier molecular flexibility index (Phi) is 4.10. The van der Waals surface area contributed by atoms with Gasteiger partial charge in [0, 0.05) is 13.0 Å². The molecule has 0 aliphatic heterocycles. The van der Waals surface area contributed by atoms with Crippen molar-refractivity contribution in [2.24, 2.45) is 5.92 Å². The Balaban J connectivity index is 2.38. The van der Waals surface area contributed by atoms with Crippen LogP contribution in [0.2, 0.25) is 0 Å². The van der Waals surface area contributed by atoms with Crippen LogP contribution in [0.3, 0.4) is 0 Å². The molecule has 1 rings (SSSR count). The number of furan rings is 1. The van der Waals surface area contributed by atoms with Crippen molar-refractivity contribution < 1.29 is 19.1 Å². The van der Waals surface area contributed by atoms with E-state index in [2.05, 4.69) is 5.32 Å². The topological polar surface area (TPSA) is 79.5 Å². The molecule has 0 aliphatic carbocycles. The van der Waals surface area contributed by atoms with Gasteiger partial charge in [-0.15, -0.1) is 0 Å². The van der Waals surface area contributed by atoms with Gasteiger partial charge in [-0.3, -0.25) is 9.59 Å². The first-order valence-electron chi connectivity index (χ1n) is 5.04. The van der Waals surface area contributed by atoms with Crippen LogP contribution in [0.1, 0.15) is 29.5 Å². The van der Waals surface area contributed by atoms with E-state index in [9.17, 15) is 9.59 Å². The van der Waals surface area contributed by atoms with Crippen LogP contribution in [-0.2, 0) is 4.79 Å². The minimum Gasteiger partial charge on any atom is -0.481 e. The molecular formula is C11H15NO4. The Morgan fingerprint density at radius 3 is 2.75 bits per heavy atom. The molecule has 0 saturated carbocycles. The lowest BCUT2D eigenvalue weighted by molar-refractivity contribution is -0.137. The van der Waals surface area contributed by atoms with Gasteiger partial charge in [0.25, 0.3) is 5.91 Å². The summed E-state index contributed by atoms with van der Waals surface area (Å²) in [4.78, 5) is 21.9. The normalized spacial score (nSPS) is 12.1. The smallest absolute Gasteiger partial charge is 0.303 e. The third-order valence-corrected chi connectivity index (χ3v) is 2.13. The molecule has 1 atom stereocenters. The Bertz CT molecular complexity index is 383. The van der Waals surface area contributed by atoms with Crippen LogP contribution in [0.25, 0.3) is 0 Å². The maximum Gasteiger partial charge on any atom is 0.303 e. The standard InChI is InChI=1S/C11H15NO4/c1-7(3-10(13)14)5-12-11(15)9-4-8(2)16-6-9/h4,6-7H,3,5H2,1-2H3,(H,12,15)(H,13,14). The third kappa shape index (κ3) is 3.76. The zero-order valence-corrected chi connectivity index (χ0v) is 9.32. The molecule has 88 valence electrons. The van der Waals surface area contributed by atoms with Gasteiger partial charge in [-0.1, -0.05) is 6.92 Å². The lowest BCUT2D eigenvalue weighted by Gasteiger charge is -2.09. The minimum atomic E-state index is -0.860. The van der Waals surface area contributed by atoms with Gasteiger partial charge in [-0.25, -0.2) is 0 Å². The summed E-state index contributed by atoms with van der Waals surface area (Å²) in [7, 11) is 0. The van der Waals surface area contributed by atoms with Gasteiger partial charge < -0.3 is 14.8 Å². The fourth-order valence-corrected chi connectivity index (χ4v) is 1.30. The minimum absolute atomic E-state index is 0.0463. The number of rotatable bonds is 5. The van der Waals surface area contributed by atoms with Gasteiger partial charge in [0.2, 0.25) is 0 Å². The number of amides is 1. The summed E-state index contributed by atoms with van der Waals surface area (Å²) in [5, 5.41) is 11.2. The molecule has 0 aliphatic rings. The Hall–Kier alpha value is -1.78. The number of carbonyl (C=O) groups excluding carboxylic acids is 1. The summed E-state index contributed by atoms with van der Waals surface area (Å²) in [6.07, 6.45) is 1.43. The number of carbonyl (C=O) groups is 2. The fourth-order valence-electron chi connectivity index (χ4n) is 1.30. The summed E-state index contributed by atoms with van der Waals surface area (Å²) in [5.41, 5.74) is 0.458. The zero-order valence-electron chi connectivity index (χ0n) is 9.32. The van der Waals surface area contributed by atoms with Crippen molar-refractivity contribution in [1.82, 2.24) is 5.32 Å². The molecule has 1 amide bonds. The number of hydrogen-bond donors (Lipinski definition) is 2.